The lowest BCUT2D eigenvalue weighted by molar-refractivity contribution is -0.0692. The van der Waals surface area contributed by atoms with E-state index in [1.165, 1.54) is 32.1 Å². The van der Waals surface area contributed by atoms with Gasteiger partial charge in [0, 0.05) is 13.7 Å². The van der Waals surface area contributed by atoms with Gasteiger partial charge in [-0.2, -0.15) is 0 Å². The highest BCUT2D eigenvalue weighted by Crippen LogP contribution is 2.34. The summed E-state index contributed by atoms with van der Waals surface area (Å²) < 4.78 is 5.54. The van der Waals surface area contributed by atoms with Crippen molar-refractivity contribution in [1.29, 1.82) is 0 Å². The van der Waals surface area contributed by atoms with Crippen molar-refractivity contribution in [3.63, 3.8) is 0 Å². The average Bonchev–Trinajstić information content (AvgIpc) is 2.08. The zero-order valence-electron chi connectivity index (χ0n) is 9.94. The highest BCUT2D eigenvalue weighted by atomic mass is 16.5. The van der Waals surface area contributed by atoms with Gasteiger partial charge in [-0.3, -0.25) is 0 Å². The summed E-state index contributed by atoms with van der Waals surface area (Å²) in [5.41, 5.74) is 0.192. The highest BCUT2D eigenvalue weighted by molar-refractivity contribution is 4.91. The summed E-state index contributed by atoms with van der Waals surface area (Å²) in [5, 5.41) is 3.51. The summed E-state index contributed by atoms with van der Waals surface area (Å²) in [6.45, 7) is 6.75. The van der Waals surface area contributed by atoms with Crippen LogP contribution in [0.5, 0.6) is 0 Å². The molecule has 1 saturated carbocycles. The molecule has 1 aliphatic carbocycles. The van der Waals surface area contributed by atoms with Gasteiger partial charge in [-0.1, -0.05) is 13.8 Å². The molecule has 2 nitrogen and oxygen atoms in total. The highest BCUT2D eigenvalue weighted by Gasteiger charge is 2.36. The Morgan fingerprint density at radius 2 is 2.07 bits per heavy atom. The standard InChI is InChI=1S/C12H25NO/c1-11(2)6-4-9-13-10-12(14-3)7-5-8-12/h11,13H,4-10H2,1-3H3. The quantitative estimate of drug-likeness (QED) is 0.636. The van der Waals surface area contributed by atoms with Crippen LogP contribution in [0.2, 0.25) is 0 Å². The van der Waals surface area contributed by atoms with Gasteiger partial charge in [-0.05, 0) is 44.6 Å². The Balaban J connectivity index is 1.97. The maximum Gasteiger partial charge on any atom is 0.0802 e. The third kappa shape index (κ3) is 3.58. The number of rotatable bonds is 7. The van der Waals surface area contributed by atoms with Crippen molar-refractivity contribution in [2.75, 3.05) is 20.2 Å². The van der Waals surface area contributed by atoms with Crippen LogP contribution in [-0.2, 0) is 4.74 Å². The van der Waals surface area contributed by atoms with Gasteiger partial charge >= 0.3 is 0 Å². The van der Waals surface area contributed by atoms with E-state index in [-0.39, 0.29) is 5.60 Å². The van der Waals surface area contributed by atoms with E-state index in [4.69, 9.17) is 4.74 Å². The lowest BCUT2D eigenvalue weighted by Gasteiger charge is -2.40. The molecule has 0 radical (unpaired) electrons. The maximum atomic E-state index is 5.54. The first kappa shape index (κ1) is 12.0. The van der Waals surface area contributed by atoms with Gasteiger partial charge in [0.05, 0.1) is 5.60 Å². The predicted octanol–water partition coefficient (Wildman–Crippen LogP) is 2.58. The minimum Gasteiger partial charge on any atom is -0.377 e. The second kappa shape index (κ2) is 5.72. The van der Waals surface area contributed by atoms with Gasteiger partial charge in [-0.25, -0.2) is 0 Å². The summed E-state index contributed by atoms with van der Waals surface area (Å²) in [7, 11) is 1.84. The van der Waals surface area contributed by atoms with Crippen LogP contribution < -0.4 is 5.32 Å². The van der Waals surface area contributed by atoms with Gasteiger partial charge in [0.25, 0.3) is 0 Å². The molecular weight excluding hydrogens is 174 g/mol. The van der Waals surface area contributed by atoms with Gasteiger partial charge in [0.1, 0.15) is 0 Å². The van der Waals surface area contributed by atoms with Crippen molar-refractivity contribution in [2.45, 2.75) is 51.6 Å². The van der Waals surface area contributed by atoms with E-state index in [2.05, 4.69) is 19.2 Å². The molecule has 0 atom stereocenters. The van der Waals surface area contributed by atoms with E-state index in [1.54, 1.807) is 0 Å². The van der Waals surface area contributed by atoms with Crippen LogP contribution in [-0.4, -0.2) is 25.8 Å². The lowest BCUT2D eigenvalue weighted by atomic mass is 9.80. The first-order valence-corrected chi connectivity index (χ1v) is 5.94. The third-order valence-corrected chi connectivity index (χ3v) is 3.28. The molecule has 1 aliphatic rings. The normalized spacial score (nSPS) is 19.7. The Labute approximate surface area is 88.4 Å². The Bertz CT molecular complexity index is 147. The van der Waals surface area contributed by atoms with Gasteiger partial charge < -0.3 is 10.1 Å². The Morgan fingerprint density at radius 3 is 2.50 bits per heavy atom. The molecule has 0 unspecified atom stereocenters. The topological polar surface area (TPSA) is 21.3 Å². The van der Waals surface area contributed by atoms with E-state index in [1.807, 2.05) is 7.11 Å². The fourth-order valence-electron chi connectivity index (χ4n) is 1.98. The number of hydrogen-bond acceptors (Lipinski definition) is 2. The molecule has 0 aromatic rings. The molecule has 0 bridgehead atoms. The van der Waals surface area contributed by atoms with Crippen molar-refractivity contribution in [3.8, 4) is 0 Å². The van der Waals surface area contributed by atoms with Crippen LogP contribution in [0.1, 0.15) is 46.0 Å². The second-order valence-electron chi connectivity index (χ2n) is 4.95. The fourth-order valence-corrected chi connectivity index (χ4v) is 1.98. The van der Waals surface area contributed by atoms with Crippen LogP contribution >= 0.6 is 0 Å². The van der Waals surface area contributed by atoms with Crippen LogP contribution in [0.15, 0.2) is 0 Å². The first-order valence-electron chi connectivity index (χ1n) is 5.94. The Hall–Kier alpha value is -0.0800. The van der Waals surface area contributed by atoms with Crippen LogP contribution in [0.3, 0.4) is 0 Å². The monoisotopic (exact) mass is 199 g/mol. The van der Waals surface area contributed by atoms with E-state index in [0.717, 1.165) is 19.0 Å². The number of ether oxygens (including phenoxy) is 1. The van der Waals surface area contributed by atoms with Crippen molar-refractivity contribution < 1.29 is 4.74 Å². The van der Waals surface area contributed by atoms with Gasteiger partial charge in [0.15, 0.2) is 0 Å². The zero-order chi connectivity index (χ0) is 10.4. The zero-order valence-corrected chi connectivity index (χ0v) is 9.94. The van der Waals surface area contributed by atoms with Crippen molar-refractivity contribution in [3.05, 3.63) is 0 Å². The Morgan fingerprint density at radius 1 is 1.36 bits per heavy atom. The molecule has 0 amide bonds. The number of nitrogens with one attached hydrogen (secondary N) is 1. The summed E-state index contributed by atoms with van der Waals surface area (Å²) in [5.74, 6) is 0.830. The van der Waals surface area contributed by atoms with Crippen molar-refractivity contribution in [2.24, 2.45) is 5.92 Å². The number of methoxy groups -OCH3 is 1. The summed E-state index contributed by atoms with van der Waals surface area (Å²) in [4.78, 5) is 0. The summed E-state index contributed by atoms with van der Waals surface area (Å²) >= 11 is 0. The molecule has 2 heteroatoms. The van der Waals surface area contributed by atoms with E-state index < -0.39 is 0 Å². The predicted molar refractivity (Wildman–Crippen MR) is 60.5 cm³/mol. The van der Waals surface area contributed by atoms with Gasteiger partial charge in [0.2, 0.25) is 0 Å². The molecule has 0 spiro atoms. The molecule has 84 valence electrons. The van der Waals surface area contributed by atoms with Crippen LogP contribution in [0.4, 0.5) is 0 Å². The van der Waals surface area contributed by atoms with Crippen molar-refractivity contribution in [1.82, 2.24) is 5.32 Å². The minimum atomic E-state index is 0.192. The molecule has 1 N–H and O–H groups in total. The van der Waals surface area contributed by atoms with Crippen LogP contribution in [0, 0.1) is 5.92 Å². The molecule has 1 rings (SSSR count). The van der Waals surface area contributed by atoms with E-state index in [9.17, 15) is 0 Å². The minimum absolute atomic E-state index is 0.192. The fraction of sp³-hybridized carbons (Fsp3) is 1.00. The van der Waals surface area contributed by atoms with Crippen LogP contribution in [0.25, 0.3) is 0 Å². The molecule has 0 heterocycles. The first-order chi connectivity index (χ1) is 6.68. The second-order valence-corrected chi connectivity index (χ2v) is 4.95. The van der Waals surface area contributed by atoms with E-state index >= 15 is 0 Å². The molecule has 1 fully saturated rings. The Kier molecular flexibility index (Phi) is 4.90. The van der Waals surface area contributed by atoms with Crippen molar-refractivity contribution >= 4 is 0 Å². The van der Waals surface area contributed by atoms with E-state index in [0.29, 0.717) is 0 Å². The molecular formula is C12H25NO. The smallest absolute Gasteiger partial charge is 0.0802 e. The van der Waals surface area contributed by atoms with Gasteiger partial charge in [-0.15, -0.1) is 0 Å². The lowest BCUT2D eigenvalue weighted by Crippen LogP contribution is -2.48. The summed E-state index contributed by atoms with van der Waals surface area (Å²) in [6, 6.07) is 0. The average molecular weight is 199 g/mol. The molecule has 14 heavy (non-hydrogen) atoms. The SMILES string of the molecule is COC1(CNCCCC(C)C)CCC1. The number of hydrogen-bond donors (Lipinski definition) is 1. The summed E-state index contributed by atoms with van der Waals surface area (Å²) in [6.07, 6.45) is 6.42. The molecule has 0 aromatic carbocycles. The molecule has 0 aliphatic heterocycles. The maximum absolute atomic E-state index is 5.54. The third-order valence-electron chi connectivity index (χ3n) is 3.28. The molecule has 0 aromatic heterocycles. The largest absolute Gasteiger partial charge is 0.377 e. The molecule has 0 saturated heterocycles.